The van der Waals surface area contributed by atoms with E-state index in [-0.39, 0.29) is 23.4 Å². The van der Waals surface area contributed by atoms with E-state index in [0.717, 1.165) is 12.2 Å². The molecule has 0 aliphatic carbocycles. The van der Waals surface area contributed by atoms with E-state index in [2.05, 4.69) is 13.2 Å². The van der Waals surface area contributed by atoms with Gasteiger partial charge < -0.3 is 28.2 Å². The summed E-state index contributed by atoms with van der Waals surface area (Å²) in [5.74, 6) is -2.73. The van der Waals surface area contributed by atoms with Crippen LogP contribution in [0.1, 0.15) is 37.4 Å². The standard InChI is InChI=1S/C42H35O10P/c1-5-38(43)51-42(32-13-9-7-10-14-32,33-15-11-8-12-16-33)50-35-23-19-30(20-24-35)40(45)48-36-25-26-37(29(3)27-36)49-41(46)31-17-21-34(22-18-31)47-28-53(4)52-39(44)6-2/h5-27H,1-2,28H2,3-4H3. The molecule has 11 heteroatoms. The second kappa shape index (κ2) is 17.6. The van der Waals surface area contributed by atoms with Gasteiger partial charge in [-0.15, -0.1) is 0 Å². The third-order valence-electron chi connectivity index (χ3n) is 7.55. The summed E-state index contributed by atoms with van der Waals surface area (Å²) in [6.07, 6.45) is 2.35. The van der Waals surface area contributed by atoms with Crippen LogP contribution < -0.4 is 18.9 Å². The Morgan fingerprint density at radius 3 is 1.68 bits per heavy atom. The first-order valence-electron chi connectivity index (χ1n) is 16.2. The minimum absolute atomic E-state index is 0.188. The Morgan fingerprint density at radius 2 is 1.15 bits per heavy atom. The quantitative estimate of drug-likeness (QED) is 0.0340. The Balaban J connectivity index is 1.23. The first-order chi connectivity index (χ1) is 25.6. The molecule has 0 saturated heterocycles. The average molecular weight is 731 g/mol. The molecule has 0 fully saturated rings. The highest BCUT2D eigenvalue weighted by Gasteiger charge is 2.41. The Hall–Kier alpha value is -6.51. The van der Waals surface area contributed by atoms with Crippen LogP contribution in [0.25, 0.3) is 0 Å². The van der Waals surface area contributed by atoms with Gasteiger partial charge in [0, 0.05) is 23.3 Å². The van der Waals surface area contributed by atoms with Gasteiger partial charge in [0.05, 0.1) is 11.1 Å². The highest BCUT2D eigenvalue weighted by Crippen LogP contribution is 2.37. The number of carbonyl (C=O) groups is 4. The molecule has 0 aliphatic heterocycles. The molecule has 5 rings (SSSR count). The molecule has 0 heterocycles. The summed E-state index contributed by atoms with van der Waals surface area (Å²) in [5.41, 5.74) is 2.22. The van der Waals surface area contributed by atoms with E-state index in [1.54, 1.807) is 80.3 Å². The molecule has 5 aromatic carbocycles. The molecule has 0 saturated carbocycles. The highest BCUT2D eigenvalue weighted by molar-refractivity contribution is 7.52. The van der Waals surface area contributed by atoms with E-state index >= 15 is 0 Å². The Bertz CT molecular complexity index is 2040. The van der Waals surface area contributed by atoms with Crippen LogP contribution in [0.5, 0.6) is 23.0 Å². The van der Waals surface area contributed by atoms with Crippen molar-refractivity contribution in [3.8, 4) is 23.0 Å². The highest BCUT2D eigenvalue weighted by atomic mass is 31.1. The van der Waals surface area contributed by atoms with E-state index in [4.69, 9.17) is 28.2 Å². The van der Waals surface area contributed by atoms with Crippen molar-refractivity contribution in [3.63, 3.8) is 0 Å². The lowest BCUT2D eigenvalue weighted by molar-refractivity contribution is -0.182. The maximum Gasteiger partial charge on any atom is 0.343 e. The van der Waals surface area contributed by atoms with Gasteiger partial charge in [-0.25, -0.2) is 19.2 Å². The topological polar surface area (TPSA) is 124 Å². The van der Waals surface area contributed by atoms with Crippen molar-refractivity contribution in [1.29, 1.82) is 0 Å². The number of rotatable bonds is 15. The van der Waals surface area contributed by atoms with Gasteiger partial charge in [-0.05, 0) is 85.9 Å². The Labute approximate surface area is 308 Å². The first-order valence-corrected chi connectivity index (χ1v) is 18.1. The van der Waals surface area contributed by atoms with Crippen LogP contribution in [0.2, 0.25) is 0 Å². The monoisotopic (exact) mass is 730 g/mol. The second-order valence-corrected chi connectivity index (χ2v) is 13.0. The van der Waals surface area contributed by atoms with Crippen LogP contribution in [0.15, 0.2) is 153 Å². The van der Waals surface area contributed by atoms with E-state index in [9.17, 15) is 19.2 Å². The Morgan fingerprint density at radius 1 is 0.642 bits per heavy atom. The molecule has 0 bridgehead atoms. The molecule has 0 amide bonds. The summed E-state index contributed by atoms with van der Waals surface area (Å²) in [6, 6.07) is 35.3. The summed E-state index contributed by atoms with van der Waals surface area (Å²) in [5, 5.41) is 0. The molecule has 0 N–H and O–H groups in total. The summed E-state index contributed by atoms with van der Waals surface area (Å²) in [4.78, 5) is 49.9. The summed E-state index contributed by atoms with van der Waals surface area (Å²) < 4.78 is 34.3. The largest absolute Gasteiger partial charge is 0.486 e. The number of benzene rings is 5. The third-order valence-corrected chi connectivity index (χ3v) is 8.53. The molecule has 1 atom stereocenters. The molecule has 0 aromatic heterocycles. The summed E-state index contributed by atoms with van der Waals surface area (Å²) in [7, 11) is -1.14. The molecular weight excluding hydrogens is 695 g/mol. The van der Waals surface area contributed by atoms with Crippen molar-refractivity contribution in [2.75, 3.05) is 13.0 Å². The number of hydrogen-bond donors (Lipinski definition) is 0. The van der Waals surface area contributed by atoms with Gasteiger partial charge in [0.1, 0.15) is 37.5 Å². The minimum atomic E-state index is -1.65. The predicted molar refractivity (Wildman–Crippen MR) is 199 cm³/mol. The third kappa shape index (κ3) is 9.84. The number of esters is 3. The van der Waals surface area contributed by atoms with Crippen LogP contribution in [-0.4, -0.2) is 36.9 Å². The number of carbonyl (C=O) groups excluding carboxylic acids is 4. The van der Waals surface area contributed by atoms with E-state index < -0.39 is 37.8 Å². The molecule has 0 aliphatic rings. The van der Waals surface area contributed by atoms with Crippen molar-refractivity contribution < 1.29 is 47.4 Å². The fraction of sp³-hybridized carbons (Fsp3) is 0.0952. The van der Waals surface area contributed by atoms with Gasteiger partial charge in [-0.3, -0.25) is 0 Å². The van der Waals surface area contributed by atoms with Gasteiger partial charge in [0.2, 0.25) is 0 Å². The zero-order valence-electron chi connectivity index (χ0n) is 28.9. The predicted octanol–water partition coefficient (Wildman–Crippen LogP) is 8.53. The van der Waals surface area contributed by atoms with E-state index in [1.807, 2.05) is 36.4 Å². The lowest BCUT2D eigenvalue weighted by Gasteiger charge is -2.34. The molecule has 5 aromatic rings. The van der Waals surface area contributed by atoms with E-state index in [1.165, 1.54) is 24.3 Å². The molecule has 1 unspecified atom stereocenters. The van der Waals surface area contributed by atoms with Crippen LogP contribution in [-0.2, 0) is 24.6 Å². The number of aryl methyl sites for hydroxylation is 1. The molecule has 53 heavy (non-hydrogen) atoms. The molecule has 10 nitrogen and oxygen atoms in total. The SMILES string of the molecule is C=CC(=O)OP(C)COc1ccc(C(=O)Oc2ccc(OC(=O)c3ccc(OC(OC(=O)C=C)(c4ccccc4)c4ccccc4)cc3)cc2C)cc1. The molecule has 268 valence electrons. The first kappa shape index (κ1) is 37.7. The Kier molecular flexibility index (Phi) is 12.5. The van der Waals surface area contributed by atoms with Gasteiger partial charge >= 0.3 is 29.7 Å². The van der Waals surface area contributed by atoms with Crippen molar-refractivity contribution in [2.45, 2.75) is 12.7 Å². The minimum Gasteiger partial charge on any atom is -0.486 e. The zero-order chi connectivity index (χ0) is 37.8. The second-order valence-electron chi connectivity index (χ2n) is 11.3. The van der Waals surface area contributed by atoms with Crippen molar-refractivity contribution in [2.24, 2.45) is 0 Å². The van der Waals surface area contributed by atoms with Crippen LogP contribution in [0.4, 0.5) is 0 Å². The van der Waals surface area contributed by atoms with Gasteiger partial charge in [0.15, 0.2) is 0 Å². The van der Waals surface area contributed by atoms with Crippen molar-refractivity contribution in [3.05, 3.63) is 181 Å². The normalized spacial score (nSPS) is 11.3. The van der Waals surface area contributed by atoms with Crippen LogP contribution in [0.3, 0.4) is 0 Å². The average Bonchev–Trinajstić information content (AvgIpc) is 3.18. The van der Waals surface area contributed by atoms with Crippen LogP contribution in [0, 0.1) is 6.92 Å². The smallest absolute Gasteiger partial charge is 0.343 e. The van der Waals surface area contributed by atoms with Crippen molar-refractivity contribution >= 4 is 32.0 Å². The fourth-order valence-electron chi connectivity index (χ4n) is 4.94. The maximum atomic E-state index is 13.1. The zero-order valence-corrected chi connectivity index (χ0v) is 29.8. The van der Waals surface area contributed by atoms with E-state index in [0.29, 0.717) is 33.8 Å². The number of ether oxygens (including phenoxy) is 5. The summed E-state index contributed by atoms with van der Waals surface area (Å²) >= 11 is 0. The summed E-state index contributed by atoms with van der Waals surface area (Å²) in [6.45, 7) is 10.4. The van der Waals surface area contributed by atoms with Gasteiger partial charge in [-0.2, -0.15) is 0 Å². The fourth-order valence-corrected chi connectivity index (χ4v) is 5.71. The molecular formula is C42H35O10P. The maximum absolute atomic E-state index is 13.1. The van der Waals surface area contributed by atoms with Gasteiger partial charge in [0.25, 0.3) is 0 Å². The lowest BCUT2D eigenvalue weighted by Crippen LogP contribution is -2.39. The van der Waals surface area contributed by atoms with Crippen molar-refractivity contribution in [1.82, 2.24) is 0 Å². The van der Waals surface area contributed by atoms with Crippen LogP contribution >= 0.6 is 8.15 Å². The molecule has 0 radical (unpaired) electrons. The molecule has 0 spiro atoms. The van der Waals surface area contributed by atoms with Gasteiger partial charge in [-0.1, -0.05) is 73.8 Å². The number of hydrogen-bond acceptors (Lipinski definition) is 10. The lowest BCUT2D eigenvalue weighted by atomic mass is 9.96.